The Morgan fingerprint density at radius 3 is 2.86 bits per heavy atom. The summed E-state index contributed by atoms with van der Waals surface area (Å²) in [5.41, 5.74) is 0.982. The molecule has 0 aliphatic rings. The summed E-state index contributed by atoms with van der Waals surface area (Å²) in [6.45, 7) is 4.77. The van der Waals surface area contributed by atoms with Gasteiger partial charge in [0.05, 0.1) is 5.69 Å². The van der Waals surface area contributed by atoms with E-state index in [0.29, 0.717) is 18.6 Å². The van der Waals surface area contributed by atoms with Gasteiger partial charge in [0, 0.05) is 25.6 Å². The minimum absolute atomic E-state index is 0.327. The third-order valence-electron chi connectivity index (χ3n) is 2.19. The van der Waals surface area contributed by atoms with Crippen LogP contribution in [0.15, 0.2) is 6.20 Å². The molecule has 0 saturated carbocycles. The average Bonchev–Trinajstić information content (AvgIpc) is 2.65. The van der Waals surface area contributed by atoms with Gasteiger partial charge in [-0.05, 0) is 19.8 Å². The zero-order valence-electron chi connectivity index (χ0n) is 8.86. The van der Waals surface area contributed by atoms with E-state index >= 15 is 0 Å². The predicted octanol–water partition coefficient (Wildman–Crippen LogP) is 1.60. The van der Waals surface area contributed by atoms with Crippen molar-refractivity contribution in [1.82, 2.24) is 15.0 Å². The van der Waals surface area contributed by atoms with Crippen molar-refractivity contribution < 1.29 is 4.79 Å². The Bertz CT molecular complexity index is 293. The molecule has 78 valence electrons. The number of ketones is 1. The van der Waals surface area contributed by atoms with E-state index in [1.54, 1.807) is 4.68 Å². The molecular weight excluding hydrogens is 178 g/mol. The molecule has 1 heterocycles. The van der Waals surface area contributed by atoms with Gasteiger partial charge in [0.25, 0.3) is 0 Å². The Kier molecular flexibility index (Phi) is 4.29. The molecule has 4 heteroatoms. The number of hydrogen-bond acceptors (Lipinski definition) is 3. The summed E-state index contributed by atoms with van der Waals surface area (Å²) < 4.78 is 1.80. The van der Waals surface area contributed by atoms with E-state index in [0.717, 1.165) is 25.1 Å². The van der Waals surface area contributed by atoms with E-state index in [2.05, 4.69) is 10.3 Å². The Balaban J connectivity index is 2.27. The lowest BCUT2D eigenvalue weighted by Crippen LogP contribution is -1.96. The van der Waals surface area contributed by atoms with Gasteiger partial charge in [-0.2, -0.15) is 0 Å². The third kappa shape index (κ3) is 3.28. The smallest absolute Gasteiger partial charge is 0.132 e. The summed E-state index contributed by atoms with van der Waals surface area (Å²) in [5, 5.41) is 7.95. The van der Waals surface area contributed by atoms with Gasteiger partial charge < -0.3 is 0 Å². The molecule has 1 aromatic rings. The van der Waals surface area contributed by atoms with Crippen LogP contribution in [0, 0.1) is 0 Å². The zero-order valence-corrected chi connectivity index (χ0v) is 8.86. The van der Waals surface area contributed by atoms with E-state index < -0.39 is 0 Å². The summed E-state index contributed by atoms with van der Waals surface area (Å²) in [4.78, 5) is 11.0. The standard InChI is InChI=1S/C10H17N3O/c1-3-10(14)7-5-6-9-8-13(4-2)12-11-9/h8H,3-7H2,1-2H3. The number of Topliss-reactive ketones (excluding diaryl/α,β-unsaturated/α-hetero) is 1. The quantitative estimate of drug-likeness (QED) is 0.692. The molecule has 0 fully saturated rings. The van der Waals surface area contributed by atoms with Crippen molar-refractivity contribution in [3.8, 4) is 0 Å². The van der Waals surface area contributed by atoms with Crippen LogP contribution >= 0.6 is 0 Å². The van der Waals surface area contributed by atoms with E-state index in [9.17, 15) is 4.79 Å². The van der Waals surface area contributed by atoms with E-state index in [-0.39, 0.29) is 0 Å². The Morgan fingerprint density at radius 1 is 1.50 bits per heavy atom. The van der Waals surface area contributed by atoms with Crippen LogP contribution in [0.25, 0.3) is 0 Å². The van der Waals surface area contributed by atoms with Crippen LogP contribution in [-0.4, -0.2) is 20.8 Å². The molecule has 0 unspecified atom stereocenters. The summed E-state index contributed by atoms with van der Waals surface area (Å²) in [5.74, 6) is 0.327. The highest BCUT2D eigenvalue weighted by Crippen LogP contribution is 2.02. The fraction of sp³-hybridized carbons (Fsp3) is 0.700. The first-order valence-corrected chi connectivity index (χ1v) is 5.17. The Morgan fingerprint density at radius 2 is 2.29 bits per heavy atom. The van der Waals surface area contributed by atoms with Gasteiger partial charge >= 0.3 is 0 Å². The molecule has 1 aromatic heterocycles. The molecule has 0 amide bonds. The van der Waals surface area contributed by atoms with Crippen LogP contribution in [0.2, 0.25) is 0 Å². The predicted molar refractivity (Wildman–Crippen MR) is 53.9 cm³/mol. The first kappa shape index (κ1) is 10.9. The van der Waals surface area contributed by atoms with E-state index in [4.69, 9.17) is 0 Å². The lowest BCUT2D eigenvalue weighted by atomic mass is 10.1. The molecule has 0 N–H and O–H groups in total. The zero-order chi connectivity index (χ0) is 10.4. The highest BCUT2D eigenvalue weighted by molar-refractivity contribution is 5.77. The van der Waals surface area contributed by atoms with Crippen LogP contribution in [0.1, 0.15) is 38.8 Å². The van der Waals surface area contributed by atoms with Crippen molar-refractivity contribution in [3.05, 3.63) is 11.9 Å². The van der Waals surface area contributed by atoms with Gasteiger partial charge in [-0.25, -0.2) is 0 Å². The van der Waals surface area contributed by atoms with Gasteiger partial charge in [-0.15, -0.1) is 5.10 Å². The molecule has 0 spiro atoms. The second-order valence-electron chi connectivity index (χ2n) is 3.31. The molecule has 0 saturated heterocycles. The van der Waals surface area contributed by atoms with Crippen LogP contribution in [0.4, 0.5) is 0 Å². The number of aromatic nitrogens is 3. The van der Waals surface area contributed by atoms with E-state index in [1.165, 1.54) is 0 Å². The molecule has 0 atom stereocenters. The van der Waals surface area contributed by atoms with Gasteiger partial charge in [0.2, 0.25) is 0 Å². The molecule has 0 aromatic carbocycles. The van der Waals surface area contributed by atoms with E-state index in [1.807, 2.05) is 20.0 Å². The topological polar surface area (TPSA) is 47.8 Å². The Hall–Kier alpha value is -1.19. The first-order chi connectivity index (χ1) is 6.76. The lowest BCUT2D eigenvalue weighted by molar-refractivity contribution is -0.118. The fourth-order valence-corrected chi connectivity index (χ4v) is 1.25. The minimum atomic E-state index is 0.327. The minimum Gasteiger partial charge on any atom is -0.300 e. The van der Waals surface area contributed by atoms with Crippen molar-refractivity contribution in [3.63, 3.8) is 0 Å². The first-order valence-electron chi connectivity index (χ1n) is 5.17. The molecule has 14 heavy (non-hydrogen) atoms. The van der Waals surface area contributed by atoms with Gasteiger partial charge in [-0.3, -0.25) is 9.48 Å². The van der Waals surface area contributed by atoms with Gasteiger partial charge in [-0.1, -0.05) is 12.1 Å². The summed E-state index contributed by atoms with van der Waals surface area (Å²) in [7, 11) is 0. The number of rotatable bonds is 6. The molecular formula is C10H17N3O. The molecule has 0 aliphatic carbocycles. The van der Waals surface area contributed by atoms with Gasteiger partial charge in [0.1, 0.15) is 5.78 Å². The Labute approximate surface area is 84.3 Å². The number of nitrogens with zero attached hydrogens (tertiary/aromatic N) is 3. The van der Waals surface area contributed by atoms with Crippen molar-refractivity contribution in [2.45, 2.75) is 46.1 Å². The number of hydrogen-bond donors (Lipinski definition) is 0. The second kappa shape index (κ2) is 5.52. The molecule has 0 radical (unpaired) electrons. The molecule has 0 bridgehead atoms. The molecule has 4 nitrogen and oxygen atoms in total. The third-order valence-corrected chi connectivity index (χ3v) is 2.19. The second-order valence-corrected chi connectivity index (χ2v) is 3.31. The summed E-state index contributed by atoms with van der Waals surface area (Å²) in [6.07, 6.45) is 4.98. The average molecular weight is 195 g/mol. The molecule has 0 aliphatic heterocycles. The van der Waals surface area contributed by atoms with Crippen LogP contribution in [0.5, 0.6) is 0 Å². The highest BCUT2D eigenvalue weighted by atomic mass is 16.1. The maximum absolute atomic E-state index is 11.0. The lowest BCUT2D eigenvalue weighted by Gasteiger charge is -1.95. The van der Waals surface area contributed by atoms with Gasteiger partial charge in [0.15, 0.2) is 0 Å². The van der Waals surface area contributed by atoms with Crippen molar-refractivity contribution >= 4 is 5.78 Å². The maximum atomic E-state index is 11.0. The monoisotopic (exact) mass is 195 g/mol. The van der Waals surface area contributed by atoms with Crippen molar-refractivity contribution in [1.29, 1.82) is 0 Å². The number of carbonyl (C=O) groups is 1. The fourth-order valence-electron chi connectivity index (χ4n) is 1.25. The number of aryl methyl sites for hydroxylation is 2. The van der Waals surface area contributed by atoms with Crippen LogP contribution in [0.3, 0.4) is 0 Å². The van der Waals surface area contributed by atoms with Crippen molar-refractivity contribution in [2.24, 2.45) is 0 Å². The largest absolute Gasteiger partial charge is 0.300 e. The van der Waals surface area contributed by atoms with Crippen LogP contribution in [-0.2, 0) is 17.8 Å². The SMILES string of the molecule is CCC(=O)CCCc1cn(CC)nn1. The molecule has 1 rings (SSSR count). The summed E-state index contributed by atoms with van der Waals surface area (Å²) >= 11 is 0. The maximum Gasteiger partial charge on any atom is 0.132 e. The highest BCUT2D eigenvalue weighted by Gasteiger charge is 2.02. The van der Waals surface area contributed by atoms with Crippen LogP contribution < -0.4 is 0 Å². The summed E-state index contributed by atoms with van der Waals surface area (Å²) in [6, 6.07) is 0. The number of carbonyl (C=O) groups excluding carboxylic acids is 1. The normalized spacial score (nSPS) is 10.4. The van der Waals surface area contributed by atoms with Crippen molar-refractivity contribution in [2.75, 3.05) is 0 Å².